The summed E-state index contributed by atoms with van der Waals surface area (Å²) in [5.74, 6) is 1.53. The van der Waals surface area contributed by atoms with Crippen molar-refractivity contribution in [3.63, 3.8) is 0 Å². The van der Waals surface area contributed by atoms with Gasteiger partial charge < -0.3 is 15.6 Å². The number of aliphatic imine (C=N–C) groups is 1. The van der Waals surface area contributed by atoms with Gasteiger partial charge >= 0.3 is 0 Å². The van der Waals surface area contributed by atoms with E-state index in [1.807, 2.05) is 12.4 Å². The van der Waals surface area contributed by atoms with Gasteiger partial charge in [0.2, 0.25) is 0 Å². The van der Waals surface area contributed by atoms with Crippen LogP contribution in [0.5, 0.6) is 0 Å². The molecule has 0 unspecified atom stereocenters. The number of imidazole rings is 1. The number of rotatable bonds is 7. The van der Waals surface area contributed by atoms with E-state index in [-0.39, 0.29) is 24.0 Å². The molecule has 27 heavy (non-hydrogen) atoms. The van der Waals surface area contributed by atoms with E-state index >= 15 is 0 Å². The molecule has 0 bridgehead atoms. The van der Waals surface area contributed by atoms with Crippen LogP contribution in [0.15, 0.2) is 47.7 Å². The van der Waals surface area contributed by atoms with Crippen molar-refractivity contribution in [3.05, 3.63) is 54.1 Å². The maximum atomic E-state index is 6.10. The monoisotopic (exact) mass is 481 g/mol. The number of nitrogens with two attached hydrogens (primary N) is 1. The van der Waals surface area contributed by atoms with E-state index in [2.05, 4.69) is 50.2 Å². The average molecular weight is 481 g/mol. The van der Waals surface area contributed by atoms with E-state index in [0.717, 1.165) is 25.2 Å². The fourth-order valence-corrected chi connectivity index (χ4v) is 3.63. The number of benzene rings is 1. The summed E-state index contributed by atoms with van der Waals surface area (Å²) in [6.45, 7) is 1.49. The van der Waals surface area contributed by atoms with E-state index < -0.39 is 0 Å². The summed E-state index contributed by atoms with van der Waals surface area (Å²) in [5.41, 5.74) is 7.48. The molecule has 0 amide bonds. The Morgan fingerprint density at radius 3 is 2.63 bits per heavy atom. The van der Waals surface area contributed by atoms with Gasteiger partial charge in [-0.25, -0.2) is 9.98 Å². The lowest BCUT2D eigenvalue weighted by atomic mass is 10.1. The lowest BCUT2D eigenvalue weighted by molar-refractivity contribution is 0.529. The van der Waals surface area contributed by atoms with Crippen LogP contribution in [0, 0.1) is 0 Å². The third-order valence-electron chi connectivity index (χ3n) is 5.11. The zero-order valence-electron chi connectivity index (χ0n) is 16.0. The first-order valence-electron chi connectivity index (χ1n) is 9.91. The molecule has 1 aromatic carbocycles. The molecular formula is C21H32IN5. The van der Waals surface area contributed by atoms with Crippen LogP contribution >= 0.6 is 24.0 Å². The summed E-state index contributed by atoms with van der Waals surface area (Å²) in [6, 6.07) is 11.1. The predicted molar refractivity (Wildman–Crippen MR) is 122 cm³/mol. The number of halogens is 1. The molecule has 0 saturated heterocycles. The second kappa shape index (κ2) is 12.0. The molecule has 1 aliphatic carbocycles. The maximum Gasteiger partial charge on any atom is 0.189 e. The van der Waals surface area contributed by atoms with Gasteiger partial charge in [0.1, 0.15) is 12.4 Å². The van der Waals surface area contributed by atoms with Crippen LogP contribution in [0.4, 0.5) is 0 Å². The van der Waals surface area contributed by atoms with Gasteiger partial charge in [-0.05, 0) is 31.2 Å². The quantitative estimate of drug-likeness (QED) is 0.269. The second-order valence-electron chi connectivity index (χ2n) is 7.16. The zero-order valence-corrected chi connectivity index (χ0v) is 18.3. The van der Waals surface area contributed by atoms with Gasteiger partial charge in [-0.2, -0.15) is 0 Å². The SMILES string of the molecule is I.NC(=NCc1nccn1CCCc1ccccc1)NC1CCCCCC1. The first-order chi connectivity index (χ1) is 12.8. The Morgan fingerprint density at radius 1 is 1.15 bits per heavy atom. The highest BCUT2D eigenvalue weighted by Gasteiger charge is 2.12. The second-order valence-corrected chi connectivity index (χ2v) is 7.16. The maximum absolute atomic E-state index is 6.10. The summed E-state index contributed by atoms with van der Waals surface area (Å²) < 4.78 is 2.19. The minimum atomic E-state index is 0. The molecule has 1 heterocycles. The Kier molecular flexibility index (Phi) is 9.66. The van der Waals surface area contributed by atoms with Crippen LogP contribution in [0.2, 0.25) is 0 Å². The molecular weight excluding hydrogens is 449 g/mol. The largest absolute Gasteiger partial charge is 0.370 e. The van der Waals surface area contributed by atoms with Gasteiger partial charge in [-0.3, -0.25) is 0 Å². The predicted octanol–water partition coefficient (Wildman–Crippen LogP) is 4.26. The molecule has 148 valence electrons. The Bertz CT molecular complexity index is 675. The van der Waals surface area contributed by atoms with Crippen LogP contribution in [-0.4, -0.2) is 21.6 Å². The smallest absolute Gasteiger partial charge is 0.189 e. The van der Waals surface area contributed by atoms with Gasteiger partial charge in [0, 0.05) is 25.0 Å². The molecule has 1 aromatic heterocycles. The summed E-state index contributed by atoms with van der Waals surface area (Å²) in [6.07, 6.45) is 13.7. The first-order valence-corrected chi connectivity index (χ1v) is 9.91. The van der Waals surface area contributed by atoms with E-state index in [0.29, 0.717) is 18.5 Å². The lowest BCUT2D eigenvalue weighted by Crippen LogP contribution is -2.39. The van der Waals surface area contributed by atoms with Crippen molar-refractivity contribution in [2.24, 2.45) is 10.7 Å². The lowest BCUT2D eigenvalue weighted by Gasteiger charge is -2.16. The molecule has 2 aromatic rings. The van der Waals surface area contributed by atoms with Crippen molar-refractivity contribution in [2.45, 2.75) is 70.5 Å². The highest BCUT2D eigenvalue weighted by Crippen LogP contribution is 2.17. The normalized spacial score (nSPS) is 15.8. The Hall–Kier alpha value is -1.57. The van der Waals surface area contributed by atoms with Gasteiger partial charge in [-0.15, -0.1) is 24.0 Å². The number of hydrogen-bond acceptors (Lipinski definition) is 2. The summed E-state index contributed by atoms with van der Waals surface area (Å²) in [4.78, 5) is 8.97. The van der Waals surface area contributed by atoms with Crippen LogP contribution in [0.25, 0.3) is 0 Å². The number of aryl methyl sites for hydroxylation is 2. The third kappa shape index (κ3) is 7.52. The molecule has 6 heteroatoms. The van der Waals surface area contributed by atoms with Gasteiger partial charge in [0.05, 0.1) is 0 Å². The van der Waals surface area contributed by atoms with Crippen molar-refractivity contribution >= 4 is 29.9 Å². The molecule has 1 fully saturated rings. The van der Waals surface area contributed by atoms with E-state index in [1.54, 1.807) is 0 Å². The number of nitrogens with zero attached hydrogens (tertiary/aromatic N) is 3. The topological polar surface area (TPSA) is 68.2 Å². The van der Waals surface area contributed by atoms with Crippen molar-refractivity contribution < 1.29 is 0 Å². The van der Waals surface area contributed by atoms with Gasteiger partial charge in [0.25, 0.3) is 0 Å². The van der Waals surface area contributed by atoms with Crippen molar-refractivity contribution in [1.82, 2.24) is 14.9 Å². The molecule has 1 aliphatic rings. The summed E-state index contributed by atoms with van der Waals surface area (Å²) in [5, 5.41) is 3.40. The highest BCUT2D eigenvalue weighted by molar-refractivity contribution is 14.0. The fraction of sp³-hybridized carbons (Fsp3) is 0.524. The van der Waals surface area contributed by atoms with Gasteiger partial charge in [-0.1, -0.05) is 56.0 Å². The first kappa shape index (κ1) is 21.7. The van der Waals surface area contributed by atoms with E-state index in [9.17, 15) is 0 Å². The third-order valence-corrected chi connectivity index (χ3v) is 5.11. The minimum Gasteiger partial charge on any atom is -0.370 e. The standard InChI is InChI=1S/C21H31N5.HI/c22-21(25-19-12-6-1-2-7-13-19)24-17-20-23-14-16-26(20)15-8-11-18-9-4-3-5-10-18;/h3-5,9-10,14,16,19H,1-2,6-8,11-13,15,17H2,(H3,22,24,25);1H. The molecule has 0 aliphatic heterocycles. The number of hydrogen-bond donors (Lipinski definition) is 2. The number of aromatic nitrogens is 2. The van der Waals surface area contributed by atoms with E-state index in [1.165, 1.54) is 44.1 Å². The average Bonchev–Trinajstić information content (AvgIpc) is 2.95. The minimum absolute atomic E-state index is 0. The van der Waals surface area contributed by atoms with Gasteiger partial charge in [0.15, 0.2) is 5.96 Å². The van der Waals surface area contributed by atoms with Crippen molar-refractivity contribution in [3.8, 4) is 0 Å². The molecule has 5 nitrogen and oxygen atoms in total. The molecule has 0 radical (unpaired) electrons. The van der Waals surface area contributed by atoms with Crippen molar-refractivity contribution in [1.29, 1.82) is 0 Å². The summed E-state index contributed by atoms with van der Waals surface area (Å²) in [7, 11) is 0. The number of guanidine groups is 1. The molecule has 1 saturated carbocycles. The molecule has 3 N–H and O–H groups in total. The Morgan fingerprint density at radius 2 is 1.89 bits per heavy atom. The van der Waals surface area contributed by atoms with Crippen molar-refractivity contribution in [2.75, 3.05) is 0 Å². The highest BCUT2D eigenvalue weighted by atomic mass is 127. The summed E-state index contributed by atoms with van der Waals surface area (Å²) >= 11 is 0. The Balaban J connectivity index is 0.00000261. The number of nitrogens with one attached hydrogen (secondary N) is 1. The van der Waals surface area contributed by atoms with E-state index in [4.69, 9.17) is 5.73 Å². The fourth-order valence-electron chi connectivity index (χ4n) is 3.63. The van der Waals surface area contributed by atoms with Crippen LogP contribution < -0.4 is 11.1 Å². The molecule has 0 atom stereocenters. The molecule has 3 rings (SSSR count). The van der Waals surface area contributed by atoms with Crippen LogP contribution in [-0.2, 0) is 19.5 Å². The molecule has 0 spiro atoms. The Labute approximate surface area is 179 Å². The zero-order chi connectivity index (χ0) is 18.0. The van der Waals surface area contributed by atoms with Crippen LogP contribution in [0.3, 0.4) is 0 Å². The van der Waals surface area contributed by atoms with Crippen LogP contribution in [0.1, 0.15) is 56.3 Å².